The molecule has 1 aromatic carbocycles. The normalized spacial score (nSPS) is 18.1. The maximum absolute atomic E-state index is 11.4. The highest BCUT2D eigenvalue weighted by Gasteiger charge is 2.38. The second-order valence-corrected chi connectivity index (χ2v) is 9.35. The Morgan fingerprint density at radius 3 is 2.55 bits per heavy atom. The van der Waals surface area contributed by atoms with Crippen LogP contribution in [0.15, 0.2) is 22.7 Å². The Morgan fingerprint density at radius 1 is 1.30 bits per heavy atom. The van der Waals surface area contributed by atoms with Gasteiger partial charge in [-0.05, 0) is 31.0 Å². The average molecular weight is 402 g/mol. The lowest BCUT2D eigenvalue weighted by Gasteiger charge is -2.27. The molecule has 0 bridgehead atoms. The van der Waals surface area contributed by atoms with Gasteiger partial charge in [0.2, 0.25) is 9.05 Å². The van der Waals surface area contributed by atoms with E-state index in [1.165, 1.54) is 0 Å². The van der Waals surface area contributed by atoms with Gasteiger partial charge < -0.3 is 4.74 Å². The number of benzene rings is 1. The van der Waals surface area contributed by atoms with E-state index in [-0.39, 0.29) is 5.75 Å². The molecule has 0 N–H and O–H groups in total. The molecule has 0 saturated heterocycles. The third kappa shape index (κ3) is 4.52. The fourth-order valence-corrected chi connectivity index (χ4v) is 4.95. The maximum atomic E-state index is 11.4. The molecule has 0 aliphatic heterocycles. The number of rotatable bonds is 5. The summed E-state index contributed by atoms with van der Waals surface area (Å²) in [6.45, 7) is 0.315. The van der Waals surface area contributed by atoms with Crippen molar-refractivity contribution in [3.05, 3.63) is 27.7 Å². The van der Waals surface area contributed by atoms with Gasteiger partial charge in [0.05, 0.1) is 17.4 Å². The van der Waals surface area contributed by atoms with Crippen molar-refractivity contribution in [2.45, 2.75) is 25.7 Å². The molecule has 1 aliphatic rings. The third-order valence-electron chi connectivity index (χ3n) is 3.57. The molecule has 0 unspecified atom stereocenters. The number of hydrogen-bond donors (Lipinski definition) is 0. The van der Waals surface area contributed by atoms with Gasteiger partial charge in [0.25, 0.3) is 0 Å². The highest BCUT2D eigenvalue weighted by atomic mass is 79.9. The Hall–Kier alpha value is 0.0300. The highest BCUT2D eigenvalue weighted by Crippen LogP contribution is 2.41. The molecule has 1 fully saturated rings. The van der Waals surface area contributed by atoms with Gasteiger partial charge in [0.1, 0.15) is 5.75 Å². The monoisotopic (exact) mass is 400 g/mol. The van der Waals surface area contributed by atoms with E-state index in [1.54, 1.807) is 12.1 Å². The summed E-state index contributed by atoms with van der Waals surface area (Å²) in [7, 11) is 1.89. The van der Waals surface area contributed by atoms with Gasteiger partial charge in [-0.15, -0.1) is 0 Å². The van der Waals surface area contributed by atoms with E-state index in [0.717, 1.165) is 30.2 Å². The van der Waals surface area contributed by atoms with Crippen molar-refractivity contribution in [2.24, 2.45) is 5.41 Å². The maximum Gasteiger partial charge on any atom is 0.233 e. The number of ether oxygens (including phenoxy) is 1. The third-order valence-corrected chi connectivity index (χ3v) is 5.66. The summed E-state index contributed by atoms with van der Waals surface area (Å²) >= 11 is 9.43. The Bertz CT molecular complexity index is 583. The lowest BCUT2D eigenvalue weighted by molar-refractivity contribution is 0.171. The van der Waals surface area contributed by atoms with Crippen LogP contribution < -0.4 is 4.74 Å². The predicted molar refractivity (Wildman–Crippen MR) is 85.2 cm³/mol. The van der Waals surface area contributed by atoms with Crippen molar-refractivity contribution in [3.63, 3.8) is 0 Å². The van der Waals surface area contributed by atoms with Gasteiger partial charge in [-0.1, -0.05) is 40.4 Å². The fourth-order valence-electron chi connectivity index (χ4n) is 2.64. The SMILES string of the molecule is O=S(=O)(Cl)CC1(COc2cc(Br)ccc2Cl)CCCC1. The zero-order valence-corrected chi connectivity index (χ0v) is 14.7. The van der Waals surface area contributed by atoms with Crippen molar-refractivity contribution < 1.29 is 13.2 Å². The number of hydrogen-bond acceptors (Lipinski definition) is 3. The summed E-state index contributed by atoms with van der Waals surface area (Å²) in [5, 5.41) is 0.509. The lowest BCUT2D eigenvalue weighted by atomic mass is 9.90. The molecule has 3 nitrogen and oxygen atoms in total. The topological polar surface area (TPSA) is 43.4 Å². The van der Waals surface area contributed by atoms with E-state index in [4.69, 9.17) is 27.0 Å². The number of halogens is 3. The molecule has 0 spiro atoms. The minimum atomic E-state index is -3.54. The summed E-state index contributed by atoms with van der Waals surface area (Å²) in [5.74, 6) is 0.506. The first kappa shape index (κ1) is 16.4. The summed E-state index contributed by atoms with van der Waals surface area (Å²) in [5.41, 5.74) is -0.397. The molecule has 0 amide bonds. The standard InChI is InChI=1S/C13H15BrCl2O3S/c14-10-3-4-11(15)12(7-10)19-8-13(5-1-2-6-13)9-20(16,17)18/h3-4,7H,1-2,5-6,8-9H2. The molecule has 0 radical (unpaired) electrons. The van der Waals surface area contributed by atoms with Crippen molar-refractivity contribution in [2.75, 3.05) is 12.4 Å². The summed E-state index contributed by atoms with van der Waals surface area (Å²) in [6.07, 6.45) is 3.62. The minimum Gasteiger partial charge on any atom is -0.491 e. The van der Waals surface area contributed by atoms with Gasteiger partial charge >= 0.3 is 0 Å². The Morgan fingerprint density at radius 2 is 1.95 bits per heavy atom. The molecule has 0 atom stereocenters. The lowest BCUT2D eigenvalue weighted by Crippen LogP contribution is -2.32. The second-order valence-electron chi connectivity index (χ2n) is 5.25. The quantitative estimate of drug-likeness (QED) is 0.676. The summed E-state index contributed by atoms with van der Waals surface area (Å²) in [6, 6.07) is 5.34. The van der Waals surface area contributed by atoms with E-state index in [2.05, 4.69) is 15.9 Å². The van der Waals surface area contributed by atoms with Gasteiger partial charge in [-0.3, -0.25) is 0 Å². The summed E-state index contributed by atoms with van der Waals surface area (Å²) < 4.78 is 29.4. The van der Waals surface area contributed by atoms with Crippen LogP contribution in [-0.2, 0) is 9.05 Å². The summed E-state index contributed by atoms with van der Waals surface area (Å²) in [4.78, 5) is 0. The van der Waals surface area contributed by atoms with Crippen LogP contribution in [0.5, 0.6) is 5.75 Å². The van der Waals surface area contributed by atoms with E-state index in [9.17, 15) is 8.42 Å². The van der Waals surface area contributed by atoms with Crippen LogP contribution in [-0.4, -0.2) is 20.8 Å². The van der Waals surface area contributed by atoms with E-state index >= 15 is 0 Å². The van der Waals surface area contributed by atoms with Crippen molar-refractivity contribution in [1.82, 2.24) is 0 Å². The molecule has 1 aromatic rings. The molecule has 1 aliphatic carbocycles. The first-order chi connectivity index (χ1) is 9.30. The van der Waals surface area contributed by atoms with Crippen LogP contribution in [0.25, 0.3) is 0 Å². The van der Waals surface area contributed by atoms with Crippen LogP contribution in [0.4, 0.5) is 0 Å². The molecule has 2 rings (SSSR count). The van der Waals surface area contributed by atoms with Gasteiger partial charge in [0, 0.05) is 20.6 Å². The first-order valence-electron chi connectivity index (χ1n) is 6.30. The van der Waals surface area contributed by atoms with E-state index in [1.807, 2.05) is 6.07 Å². The zero-order chi connectivity index (χ0) is 14.8. The molecule has 112 valence electrons. The van der Waals surface area contributed by atoms with Crippen molar-refractivity contribution >= 4 is 47.3 Å². The van der Waals surface area contributed by atoms with E-state index in [0.29, 0.717) is 17.4 Å². The zero-order valence-electron chi connectivity index (χ0n) is 10.7. The van der Waals surface area contributed by atoms with Crippen LogP contribution in [0, 0.1) is 5.41 Å². The molecular weight excluding hydrogens is 387 g/mol. The Kier molecular flexibility index (Phi) is 5.27. The van der Waals surface area contributed by atoms with Crippen molar-refractivity contribution in [3.8, 4) is 5.75 Å². The van der Waals surface area contributed by atoms with Crippen LogP contribution >= 0.6 is 38.2 Å². The Balaban J connectivity index is 2.11. The molecule has 0 heterocycles. The van der Waals surface area contributed by atoms with E-state index < -0.39 is 14.5 Å². The molecule has 1 saturated carbocycles. The second kappa shape index (κ2) is 6.42. The Labute approximate surface area is 137 Å². The van der Waals surface area contributed by atoms with Crippen LogP contribution in [0.1, 0.15) is 25.7 Å². The largest absolute Gasteiger partial charge is 0.491 e. The van der Waals surface area contributed by atoms with Crippen LogP contribution in [0.2, 0.25) is 5.02 Å². The van der Waals surface area contributed by atoms with Gasteiger partial charge in [0.15, 0.2) is 0 Å². The smallest absolute Gasteiger partial charge is 0.233 e. The highest BCUT2D eigenvalue weighted by molar-refractivity contribution is 9.10. The van der Waals surface area contributed by atoms with Gasteiger partial charge in [-0.2, -0.15) is 0 Å². The van der Waals surface area contributed by atoms with Crippen LogP contribution in [0.3, 0.4) is 0 Å². The average Bonchev–Trinajstić information content (AvgIpc) is 2.77. The first-order valence-corrected chi connectivity index (χ1v) is 9.95. The molecule has 0 aromatic heterocycles. The van der Waals surface area contributed by atoms with Crippen molar-refractivity contribution in [1.29, 1.82) is 0 Å². The minimum absolute atomic E-state index is 0.0484. The predicted octanol–water partition coefficient (Wildman–Crippen LogP) is 4.61. The van der Waals surface area contributed by atoms with Gasteiger partial charge in [-0.25, -0.2) is 8.42 Å². The fraction of sp³-hybridized carbons (Fsp3) is 0.538. The molecule has 20 heavy (non-hydrogen) atoms. The molecule has 7 heteroatoms. The molecular formula is C13H15BrCl2O3S.